The van der Waals surface area contributed by atoms with Crippen LogP contribution in [-0.2, 0) is 16.0 Å². The topological polar surface area (TPSA) is 60.2 Å². The van der Waals surface area contributed by atoms with Crippen molar-refractivity contribution in [1.29, 1.82) is 0 Å². The molecule has 10 heteroatoms. The first-order chi connectivity index (χ1) is 10.0. The summed E-state index contributed by atoms with van der Waals surface area (Å²) in [7, 11) is -4.20. The number of benzene rings is 1. The lowest BCUT2D eigenvalue weighted by Crippen LogP contribution is -2.35. The van der Waals surface area contributed by atoms with Gasteiger partial charge in [0.1, 0.15) is 0 Å². The van der Waals surface area contributed by atoms with Crippen LogP contribution in [0.5, 0.6) is 0 Å². The van der Waals surface area contributed by atoms with Crippen LogP contribution < -0.4 is 5.73 Å². The lowest BCUT2D eigenvalue weighted by Gasteiger charge is -2.26. The van der Waals surface area contributed by atoms with Gasteiger partial charge in [-0.15, -0.1) is 12.4 Å². The average molecular weight is 380 g/mol. The van der Waals surface area contributed by atoms with E-state index in [9.17, 15) is 30.4 Å². The van der Waals surface area contributed by atoms with Crippen LogP contribution in [0.4, 0.5) is 22.0 Å². The molecule has 2 rings (SSSR count). The van der Waals surface area contributed by atoms with Gasteiger partial charge in [0.15, 0.2) is 21.5 Å². The second kappa shape index (κ2) is 6.90. The molecule has 0 aliphatic heterocycles. The van der Waals surface area contributed by atoms with Crippen LogP contribution in [0, 0.1) is 11.6 Å². The molecule has 23 heavy (non-hydrogen) atoms. The van der Waals surface area contributed by atoms with Crippen molar-refractivity contribution in [2.24, 2.45) is 5.73 Å². The molecule has 0 saturated heterocycles. The van der Waals surface area contributed by atoms with Crippen molar-refractivity contribution >= 4 is 22.2 Å². The summed E-state index contributed by atoms with van der Waals surface area (Å²) in [6.45, 7) is 0. The van der Waals surface area contributed by atoms with Crippen LogP contribution in [-0.4, -0.2) is 19.7 Å². The minimum atomic E-state index is -5.18. The van der Waals surface area contributed by atoms with Crippen molar-refractivity contribution < 1.29 is 30.4 Å². The summed E-state index contributed by atoms with van der Waals surface area (Å²) in [6, 6.07) is 0.0642. The van der Waals surface area contributed by atoms with E-state index in [0.717, 1.165) is 0 Å². The van der Waals surface area contributed by atoms with Gasteiger partial charge in [-0.2, -0.15) is 13.2 Å². The maximum absolute atomic E-state index is 13.4. The largest absolute Gasteiger partial charge is 0.419 e. The summed E-state index contributed by atoms with van der Waals surface area (Å²) in [5.74, 6) is -3.94. The normalized spacial score (nSPS) is 22.5. The third kappa shape index (κ3) is 4.13. The molecule has 0 heterocycles. The van der Waals surface area contributed by atoms with Crippen LogP contribution in [0.25, 0.3) is 0 Å². The van der Waals surface area contributed by atoms with E-state index in [4.69, 9.17) is 5.73 Å². The highest BCUT2D eigenvalue weighted by atomic mass is 35.5. The zero-order valence-electron chi connectivity index (χ0n) is 11.7. The second-order valence-electron chi connectivity index (χ2n) is 5.36. The summed E-state index contributed by atoms with van der Waals surface area (Å²) in [5.41, 5.74) is 3.75. The van der Waals surface area contributed by atoms with E-state index in [2.05, 4.69) is 0 Å². The SMILES string of the molecule is Cl.NC1CCCC(S(=O)(=O)c2cc(F)c(F)c(C(F)(F)F)c2)C1. The molecule has 2 atom stereocenters. The van der Waals surface area contributed by atoms with Crippen molar-refractivity contribution in [3.8, 4) is 0 Å². The first kappa shape index (κ1) is 20.1. The quantitative estimate of drug-likeness (QED) is 0.632. The molecule has 1 saturated carbocycles. The van der Waals surface area contributed by atoms with Crippen molar-refractivity contribution in [3.05, 3.63) is 29.3 Å². The molecule has 1 aromatic carbocycles. The van der Waals surface area contributed by atoms with Gasteiger partial charge in [-0.3, -0.25) is 0 Å². The monoisotopic (exact) mass is 379 g/mol. The highest BCUT2D eigenvalue weighted by Gasteiger charge is 2.39. The fourth-order valence-electron chi connectivity index (χ4n) is 2.59. The minimum Gasteiger partial charge on any atom is -0.328 e. The van der Waals surface area contributed by atoms with E-state index >= 15 is 0 Å². The fraction of sp³-hybridized carbons (Fsp3) is 0.538. The number of hydrogen-bond acceptors (Lipinski definition) is 3. The minimum absolute atomic E-state index is 0. The van der Waals surface area contributed by atoms with Gasteiger partial charge in [0.25, 0.3) is 0 Å². The zero-order valence-corrected chi connectivity index (χ0v) is 13.4. The Morgan fingerprint density at radius 2 is 1.74 bits per heavy atom. The van der Waals surface area contributed by atoms with Gasteiger partial charge in [0.2, 0.25) is 0 Å². The van der Waals surface area contributed by atoms with Crippen molar-refractivity contribution in [2.45, 2.75) is 48.0 Å². The van der Waals surface area contributed by atoms with Crippen molar-refractivity contribution in [2.75, 3.05) is 0 Å². The molecule has 3 nitrogen and oxygen atoms in total. The van der Waals surface area contributed by atoms with Crippen LogP contribution in [0.3, 0.4) is 0 Å². The van der Waals surface area contributed by atoms with Gasteiger partial charge in [-0.25, -0.2) is 17.2 Å². The molecule has 0 amide bonds. The maximum Gasteiger partial charge on any atom is 0.419 e. The highest BCUT2D eigenvalue weighted by molar-refractivity contribution is 7.92. The summed E-state index contributed by atoms with van der Waals surface area (Å²) >= 11 is 0. The average Bonchev–Trinajstić information content (AvgIpc) is 2.40. The molecule has 1 aliphatic carbocycles. The van der Waals surface area contributed by atoms with Crippen LogP contribution in [0.1, 0.15) is 31.2 Å². The number of hydrogen-bond donors (Lipinski definition) is 1. The Labute approximate surface area is 136 Å². The van der Waals surface area contributed by atoms with Gasteiger partial charge in [-0.1, -0.05) is 6.42 Å². The van der Waals surface area contributed by atoms with E-state index in [1.807, 2.05) is 0 Å². The molecule has 1 fully saturated rings. The van der Waals surface area contributed by atoms with Gasteiger partial charge in [-0.05, 0) is 31.4 Å². The fourth-order valence-corrected chi connectivity index (χ4v) is 4.50. The molecular formula is C13H15ClF5NO2S. The number of sulfone groups is 1. The number of nitrogens with two attached hydrogens (primary N) is 1. The Morgan fingerprint density at radius 1 is 1.13 bits per heavy atom. The number of alkyl halides is 3. The molecule has 0 spiro atoms. The van der Waals surface area contributed by atoms with E-state index in [1.165, 1.54) is 0 Å². The van der Waals surface area contributed by atoms with E-state index < -0.39 is 43.4 Å². The predicted octanol–water partition coefficient (Wildman–Crippen LogP) is 3.45. The Balaban J connectivity index is 0.00000264. The first-order valence-corrected chi connectivity index (χ1v) is 8.14. The maximum atomic E-state index is 13.4. The van der Waals surface area contributed by atoms with Gasteiger partial charge < -0.3 is 5.73 Å². The summed E-state index contributed by atoms with van der Waals surface area (Å²) < 4.78 is 89.4. The third-order valence-corrected chi connectivity index (χ3v) is 5.94. The lowest BCUT2D eigenvalue weighted by atomic mass is 9.96. The van der Waals surface area contributed by atoms with Gasteiger partial charge in [0.05, 0.1) is 15.7 Å². The number of rotatable bonds is 2. The summed E-state index contributed by atoms with van der Waals surface area (Å²) in [5, 5.41) is -0.984. The summed E-state index contributed by atoms with van der Waals surface area (Å²) in [4.78, 5) is -0.863. The standard InChI is InChI=1S/C13H14F5NO2S.ClH/c14-11-6-9(5-10(12(11)15)13(16,17)18)22(20,21)8-3-1-2-7(19)4-8;/h5-8H,1-4,19H2;1H. The first-order valence-electron chi connectivity index (χ1n) is 6.59. The molecule has 2 unspecified atom stereocenters. The van der Waals surface area contributed by atoms with Crippen molar-refractivity contribution in [3.63, 3.8) is 0 Å². The Bertz CT molecular complexity index is 678. The number of halogens is 6. The molecule has 0 radical (unpaired) electrons. The Kier molecular flexibility index (Phi) is 6.04. The Hall–Kier alpha value is -0.930. The van der Waals surface area contributed by atoms with E-state index in [-0.39, 0.29) is 37.4 Å². The van der Waals surface area contributed by atoms with Crippen LogP contribution >= 0.6 is 12.4 Å². The lowest BCUT2D eigenvalue weighted by molar-refractivity contribution is -0.140. The van der Waals surface area contributed by atoms with E-state index in [1.54, 1.807) is 0 Å². The molecule has 0 aromatic heterocycles. The third-order valence-electron chi connectivity index (χ3n) is 3.74. The van der Waals surface area contributed by atoms with Gasteiger partial charge in [0, 0.05) is 6.04 Å². The summed E-state index contributed by atoms with van der Waals surface area (Å²) in [6.07, 6.45) is -3.73. The van der Waals surface area contributed by atoms with Crippen LogP contribution in [0.2, 0.25) is 0 Å². The molecule has 2 N–H and O–H groups in total. The van der Waals surface area contributed by atoms with Crippen LogP contribution in [0.15, 0.2) is 17.0 Å². The molecule has 132 valence electrons. The smallest absolute Gasteiger partial charge is 0.328 e. The molecule has 1 aliphatic rings. The molecule has 0 bridgehead atoms. The molecule has 1 aromatic rings. The van der Waals surface area contributed by atoms with E-state index in [0.29, 0.717) is 18.9 Å². The van der Waals surface area contributed by atoms with Crippen molar-refractivity contribution in [1.82, 2.24) is 0 Å². The zero-order chi connectivity index (χ0) is 16.7. The predicted molar refractivity (Wildman–Crippen MR) is 76.0 cm³/mol. The Morgan fingerprint density at radius 3 is 2.26 bits per heavy atom. The second-order valence-corrected chi connectivity index (χ2v) is 7.59. The highest BCUT2D eigenvalue weighted by Crippen LogP contribution is 2.36. The molecular weight excluding hydrogens is 365 g/mol. The van der Waals surface area contributed by atoms with Gasteiger partial charge >= 0.3 is 6.18 Å².